The Labute approximate surface area is 92.5 Å². The third kappa shape index (κ3) is 2.60. The highest BCUT2D eigenvalue weighted by molar-refractivity contribution is 5.72. The quantitative estimate of drug-likeness (QED) is 0.740. The third-order valence-corrected chi connectivity index (χ3v) is 2.07. The van der Waals surface area contributed by atoms with E-state index >= 15 is 0 Å². The van der Waals surface area contributed by atoms with E-state index in [1.807, 2.05) is 0 Å². The molecule has 1 heterocycles. The number of aliphatic hydroxyl groups is 1. The maximum absolute atomic E-state index is 10.6. The molecule has 0 radical (unpaired) electrons. The van der Waals surface area contributed by atoms with Crippen molar-refractivity contribution in [3.8, 4) is 11.6 Å². The number of pyridine rings is 1. The highest BCUT2D eigenvalue weighted by Crippen LogP contribution is 2.27. The first kappa shape index (κ1) is 12.3. The van der Waals surface area contributed by atoms with Gasteiger partial charge < -0.3 is 19.7 Å². The standard InChI is InChI=1S/C10H13NO5/c1-15-8-3-4-11-9(16-2)6(8)5-7(12)10(13)14/h3-4,7,12H,5H2,1-2H3,(H,13,14). The minimum absolute atomic E-state index is 0.116. The number of aliphatic carboxylic acids is 1. The number of aliphatic hydroxyl groups excluding tert-OH is 1. The largest absolute Gasteiger partial charge is 0.496 e. The van der Waals surface area contributed by atoms with E-state index in [1.165, 1.54) is 20.4 Å². The zero-order valence-electron chi connectivity index (χ0n) is 9.01. The van der Waals surface area contributed by atoms with Gasteiger partial charge in [-0.15, -0.1) is 0 Å². The lowest BCUT2D eigenvalue weighted by atomic mass is 10.1. The van der Waals surface area contributed by atoms with Crippen LogP contribution in [0.15, 0.2) is 12.3 Å². The fraction of sp³-hybridized carbons (Fsp3) is 0.400. The predicted octanol–water partition coefficient (Wildman–Crippen LogP) is 0.0868. The molecule has 1 rings (SSSR count). The van der Waals surface area contributed by atoms with Gasteiger partial charge in [-0.2, -0.15) is 0 Å². The van der Waals surface area contributed by atoms with E-state index < -0.39 is 12.1 Å². The third-order valence-electron chi connectivity index (χ3n) is 2.07. The van der Waals surface area contributed by atoms with E-state index in [4.69, 9.17) is 14.6 Å². The number of hydrogen-bond donors (Lipinski definition) is 2. The Kier molecular flexibility index (Phi) is 4.07. The maximum Gasteiger partial charge on any atom is 0.332 e. The van der Waals surface area contributed by atoms with Gasteiger partial charge in [0.05, 0.1) is 19.8 Å². The van der Waals surface area contributed by atoms with E-state index in [9.17, 15) is 9.90 Å². The average molecular weight is 227 g/mol. The van der Waals surface area contributed by atoms with E-state index in [0.717, 1.165) is 0 Å². The summed E-state index contributed by atoms with van der Waals surface area (Å²) in [5.74, 6) is -0.611. The van der Waals surface area contributed by atoms with Gasteiger partial charge in [0.25, 0.3) is 0 Å². The number of methoxy groups -OCH3 is 2. The lowest BCUT2D eigenvalue weighted by molar-refractivity contribution is -0.146. The van der Waals surface area contributed by atoms with Gasteiger partial charge in [-0.05, 0) is 6.07 Å². The van der Waals surface area contributed by atoms with Crippen molar-refractivity contribution < 1.29 is 24.5 Å². The number of ether oxygens (including phenoxy) is 2. The Morgan fingerprint density at radius 2 is 2.19 bits per heavy atom. The minimum Gasteiger partial charge on any atom is -0.496 e. The van der Waals surface area contributed by atoms with Gasteiger partial charge in [0.2, 0.25) is 5.88 Å². The fourth-order valence-electron chi connectivity index (χ4n) is 1.29. The van der Waals surface area contributed by atoms with Crippen molar-refractivity contribution in [2.75, 3.05) is 14.2 Å². The highest BCUT2D eigenvalue weighted by Gasteiger charge is 2.20. The first-order valence-corrected chi connectivity index (χ1v) is 4.56. The number of carboxylic acid groups (broad SMARTS) is 1. The minimum atomic E-state index is -1.51. The molecular weight excluding hydrogens is 214 g/mol. The number of hydrogen-bond acceptors (Lipinski definition) is 5. The topological polar surface area (TPSA) is 88.9 Å². The van der Waals surface area contributed by atoms with Crippen LogP contribution >= 0.6 is 0 Å². The van der Waals surface area contributed by atoms with Crippen molar-refractivity contribution in [2.45, 2.75) is 12.5 Å². The Bertz CT molecular complexity index is 357. The molecule has 6 heteroatoms. The van der Waals surface area contributed by atoms with Gasteiger partial charge >= 0.3 is 5.97 Å². The van der Waals surface area contributed by atoms with Crippen molar-refractivity contribution in [1.29, 1.82) is 0 Å². The van der Waals surface area contributed by atoms with Crippen molar-refractivity contribution in [1.82, 2.24) is 4.98 Å². The first-order chi connectivity index (χ1) is 7.60. The second-order valence-electron chi connectivity index (χ2n) is 3.06. The summed E-state index contributed by atoms with van der Waals surface area (Å²) in [4.78, 5) is 14.5. The van der Waals surface area contributed by atoms with Crippen LogP contribution in [-0.2, 0) is 11.2 Å². The summed E-state index contributed by atoms with van der Waals surface area (Å²) in [6, 6.07) is 1.58. The molecule has 0 aliphatic heterocycles. The van der Waals surface area contributed by atoms with Crippen LogP contribution < -0.4 is 9.47 Å². The van der Waals surface area contributed by atoms with Crippen LogP contribution in [0.1, 0.15) is 5.56 Å². The van der Waals surface area contributed by atoms with Crippen molar-refractivity contribution in [3.63, 3.8) is 0 Å². The lowest BCUT2D eigenvalue weighted by Gasteiger charge is -2.13. The normalized spacial score (nSPS) is 11.9. The molecule has 0 bridgehead atoms. The predicted molar refractivity (Wildman–Crippen MR) is 54.7 cm³/mol. The molecule has 0 amide bonds. The van der Waals surface area contributed by atoms with E-state index in [2.05, 4.69) is 4.98 Å². The summed E-state index contributed by atoms with van der Waals surface area (Å²) in [7, 11) is 2.86. The molecule has 1 atom stereocenters. The second-order valence-corrected chi connectivity index (χ2v) is 3.06. The maximum atomic E-state index is 10.6. The summed E-state index contributed by atoms with van der Waals surface area (Å²) in [5.41, 5.74) is 0.433. The van der Waals surface area contributed by atoms with Crippen molar-refractivity contribution in [2.24, 2.45) is 0 Å². The van der Waals surface area contributed by atoms with Gasteiger partial charge in [-0.25, -0.2) is 9.78 Å². The molecule has 0 saturated carbocycles. The second kappa shape index (κ2) is 5.32. The molecule has 88 valence electrons. The van der Waals surface area contributed by atoms with Crippen molar-refractivity contribution >= 4 is 5.97 Å². The molecule has 0 saturated heterocycles. The van der Waals surface area contributed by atoms with Gasteiger partial charge in [-0.1, -0.05) is 0 Å². The Morgan fingerprint density at radius 1 is 1.50 bits per heavy atom. The van der Waals surface area contributed by atoms with Crippen LogP contribution in [0.5, 0.6) is 11.6 Å². The Morgan fingerprint density at radius 3 is 2.69 bits per heavy atom. The summed E-state index contributed by atoms with van der Waals surface area (Å²) in [5, 5.41) is 17.9. The molecule has 0 aliphatic rings. The van der Waals surface area contributed by atoms with Crippen LogP contribution in [0.2, 0.25) is 0 Å². The van der Waals surface area contributed by atoms with Gasteiger partial charge in [0, 0.05) is 12.6 Å². The SMILES string of the molecule is COc1ccnc(OC)c1CC(O)C(=O)O. The van der Waals surface area contributed by atoms with Crippen LogP contribution in [0.4, 0.5) is 0 Å². The van der Waals surface area contributed by atoms with E-state index in [1.54, 1.807) is 6.07 Å². The van der Waals surface area contributed by atoms with Gasteiger partial charge in [0.15, 0.2) is 6.10 Å². The van der Waals surface area contributed by atoms with Gasteiger partial charge in [-0.3, -0.25) is 0 Å². The Hall–Kier alpha value is -1.82. The van der Waals surface area contributed by atoms with Crippen LogP contribution in [0.25, 0.3) is 0 Å². The first-order valence-electron chi connectivity index (χ1n) is 4.56. The molecule has 1 aromatic heterocycles. The molecule has 0 aromatic carbocycles. The summed E-state index contributed by atoms with van der Waals surface area (Å²) >= 11 is 0. The molecular formula is C10H13NO5. The number of carboxylic acids is 1. The summed E-state index contributed by atoms with van der Waals surface area (Å²) < 4.78 is 10.0. The number of carbonyl (C=O) groups is 1. The molecule has 6 nitrogen and oxygen atoms in total. The van der Waals surface area contributed by atoms with Gasteiger partial charge in [0.1, 0.15) is 5.75 Å². The molecule has 1 aromatic rings. The van der Waals surface area contributed by atoms with E-state index in [-0.39, 0.29) is 12.3 Å². The number of nitrogens with zero attached hydrogens (tertiary/aromatic N) is 1. The van der Waals surface area contributed by atoms with Crippen molar-refractivity contribution in [3.05, 3.63) is 17.8 Å². The molecule has 0 fully saturated rings. The summed E-state index contributed by atoms with van der Waals surface area (Å²) in [6.07, 6.45) is -0.142. The monoisotopic (exact) mass is 227 g/mol. The lowest BCUT2D eigenvalue weighted by Crippen LogP contribution is -2.22. The highest BCUT2D eigenvalue weighted by atomic mass is 16.5. The van der Waals surface area contributed by atoms with Crippen LogP contribution in [0, 0.1) is 0 Å². The average Bonchev–Trinajstić information content (AvgIpc) is 2.29. The zero-order valence-corrected chi connectivity index (χ0v) is 9.01. The molecule has 2 N–H and O–H groups in total. The molecule has 0 aliphatic carbocycles. The van der Waals surface area contributed by atoms with Crippen LogP contribution in [0.3, 0.4) is 0 Å². The Balaban J connectivity index is 3.04. The smallest absolute Gasteiger partial charge is 0.332 e. The number of rotatable bonds is 5. The van der Waals surface area contributed by atoms with E-state index in [0.29, 0.717) is 11.3 Å². The fourth-order valence-corrected chi connectivity index (χ4v) is 1.29. The zero-order chi connectivity index (χ0) is 12.1. The molecule has 0 spiro atoms. The summed E-state index contributed by atoms with van der Waals surface area (Å²) in [6.45, 7) is 0. The number of aromatic nitrogens is 1. The molecule has 1 unspecified atom stereocenters. The van der Waals surface area contributed by atoms with Crippen LogP contribution in [-0.4, -0.2) is 41.5 Å². The molecule has 16 heavy (non-hydrogen) atoms.